The first-order chi connectivity index (χ1) is 23.6. The summed E-state index contributed by atoms with van der Waals surface area (Å²) in [6.45, 7) is 4.55. The molecule has 0 aliphatic heterocycles. The Bertz CT molecular complexity index is 727. The number of hydrogen-bond donors (Lipinski definition) is 1. The molecule has 1 atom stereocenters. The molecular weight excluding hydrogens is 592 g/mol. The summed E-state index contributed by atoms with van der Waals surface area (Å²) >= 11 is 0. The van der Waals surface area contributed by atoms with E-state index in [0.717, 1.165) is 77.0 Å². The third-order valence-electron chi connectivity index (χ3n) is 9.68. The zero-order valence-corrected chi connectivity index (χ0v) is 32.3. The van der Waals surface area contributed by atoms with Crippen molar-refractivity contribution in [1.29, 1.82) is 0 Å². The second kappa shape index (κ2) is 39.9. The first kappa shape index (κ1) is 46.4. The van der Waals surface area contributed by atoms with Crippen molar-refractivity contribution in [2.45, 2.75) is 245 Å². The maximum Gasteiger partial charge on any atom is 0.306 e. The number of carbonyl (C=O) groups is 2. The Morgan fingerprint density at radius 1 is 0.458 bits per heavy atom. The molecular formula is C44H82O4. The Hall–Kier alpha value is -1.58. The number of ether oxygens (including phenoxy) is 1. The predicted octanol–water partition coefficient (Wildman–Crippen LogP) is 14.8. The van der Waals surface area contributed by atoms with Crippen molar-refractivity contribution in [2.75, 3.05) is 0 Å². The van der Waals surface area contributed by atoms with Crippen LogP contribution in [0.1, 0.15) is 239 Å². The van der Waals surface area contributed by atoms with Gasteiger partial charge in [0, 0.05) is 12.8 Å². The summed E-state index contributed by atoms with van der Waals surface area (Å²) in [7, 11) is 0. The number of carbonyl (C=O) groups excluding carboxylic acids is 1. The van der Waals surface area contributed by atoms with Gasteiger partial charge in [-0.2, -0.15) is 0 Å². The van der Waals surface area contributed by atoms with E-state index in [4.69, 9.17) is 9.84 Å². The van der Waals surface area contributed by atoms with E-state index in [1.165, 1.54) is 135 Å². The van der Waals surface area contributed by atoms with Gasteiger partial charge in [0.15, 0.2) is 0 Å². The Kier molecular flexibility index (Phi) is 38.5. The number of allylic oxidation sites excluding steroid dienone is 4. The van der Waals surface area contributed by atoms with Crippen molar-refractivity contribution in [3.8, 4) is 0 Å². The molecule has 4 heteroatoms. The minimum Gasteiger partial charge on any atom is -0.481 e. The Morgan fingerprint density at radius 2 is 0.833 bits per heavy atom. The Balaban J connectivity index is 4.03. The van der Waals surface area contributed by atoms with Crippen LogP contribution < -0.4 is 0 Å². The lowest BCUT2D eigenvalue weighted by Gasteiger charge is -2.18. The zero-order chi connectivity index (χ0) is 35.0. The van der Waals surface area contributed by atoms with E-state index >= 15 is 0 Å². The first-order valence-corrected chi connectivity index (χ1v) is 21.3. The molecule has 0 fully saturated rings. The smallest absolute Gasteiger partial charge is 0.306 e. The molecule has 48 heavy (non-hydrogen) atoms. The fourth-order valence-electron chi connectivity index (χ4n) is 6.52. The summed E-state index contributed by atoms with van der Waals surface area (Å²) in [5, 5.41) is 8.83. The van der Waals surface area contributed by atoms with Crippen LogP contribution >= 0.6 is 0 Å². The van der Waals surface area contributed by atoms with Gasteiger partial charge in [-0.1, -0.05) is 186 Å². The van der Waals surface area contributed by atoms with Crippen molar-refractivity contribution < 1.29 is 19.4 Å². The van der Waals surface area contributed by atoms with E-state index in [1.54, 1.807) is 0 Å². The van der Waals surface area contributed by atoms with Crippen molar-refractivity contribution in [2.24, 2.45) is 0 Å². The molecule has 1 unspecified atom stereocenters. The lowest BCUT2D eigenvalue weighted by Crippen LogP contribution is -2.18. The highest BCUT2D eigenvalue weighted by atomic mass is 16.5. The third-order valence-corrected chi connectivity index (χ3v) is 9.68. The monoisotopic (exact) mass is 675 g/mol. The quantitative estimate of drug-likeness (QED) is 0.0400. The summed E-state index contributed by atoms with van der Waals surface area (Å²) in [6, 6.07) is 0. The SMILES string of the molecule is CCCCCCC/C=C\C/C=C\CCCC(CCCCCCCC(=O)O)OC(=O)CCCCCCCCCCCCCCCCCCC. The van der Waals surface area contributed by atoms with Crippen LogP contribution in [0.5, 0.6) is 0 Å². The largest absolute Gasteiger partial charge is 0.481 e. The topological polar surface area (TPSA) is 63.6 Å². The van der Waals surface area contributed by atoms with Crippen LogP contribution in [-0.4, -0.2) is 23.1 Å². The van der Waals surface area contributed by atoms with Gasteiger partial charge in [0.2, 0.25) is 0 Å². The molecule has 0 saturated heterocycles. The molecule has 4 nitrogen and oxygen atoms in total. The normalized spacial score (nSPS) is 12.4. The predicted molar refractivity (Wildman–Crippen MR) is 209 cm³/mol. The average molecular weight is 675 g/mol. The molecule has 282 valence electrons. The molecule has 0 spiro atoms. The summed E-state index contributed by atoms with van der Waals surface area (Å²) < 4.78 is 5.99. The molecule has 0 saturated carbocycles. The number of carboxylic acid groups (broad SMARTS) is 1. The van der Waals surface area contributed by atoms with E-state index in [1.807, 2.05) is 0 Å². The van der Waals surface area contributed by atoms with Gasteiger partial charge in [-0.15, -0.1) is 0 Å². The molecule has 0 bridgehead atoms. The molecule has 0 radical (unpaired) electrons. The van der Waals surface area contributed by atoms with E-state index in [2.05, 4.69) is 38.2 Å². The average Bonchev–Trinajstić information content (AvgIpc) is 3.07. The standard InChI is InChI=1S/C44H82O4/c1-3-5-7-9-11-13-15-17-18-19-20-22-24-26-28-33-37-41-44(47)48-42(39-35-31-29-32-36-40-43(45)46)38-34-30-27-25-23-21-16-14-12-10-8-6-4-2/h16,21,25,27,42H,3-15,17-20,22-24,26,28-41H2,1-2H3,(H,45,46)/b21-16-,27-25-. The Morgan fingerprint density at radius 3 is 1.31 bits per heavy atom. The summed E-state index contributed by atoms with van der Waals surface area (Å²) in [4.78, 5) is 23.4. The fraction of sp³-hybridized carbons (Fsp3) is 0.864. The summed E-state index contributed by atoms with van der Waals surface area (Å²) in [6.07, 6.45) is 50.6. The number of esters is 1. The lowest BCUT2D eigenvalue weighted by molar-refractivity contribution is -0.150. The highest BCUT2D eigenvalue weighted by Crippen LogP contribution is 2.18. The van der Waals surface area contributed by atoms with E-state index in [-0.39, 0.29) is 18.5 Å². The maximum atomic E-state index is 12.7. The van der Waals surface area contributed by atoms with Crippen molar-refractivity contribution >= 4 is 11.9 Å². The molecule has 0 heterocycles. The fourth-order valence-corrected chi connectivity index (χ4v) is 6.52. The van der Waals surface area contributed by atoms with Crippen molar-refractivity contribution in [3.05, 3.63) is 24.3 Å². The highest BCUT2D eigenvalue weighted by molar-refractivity contribution is 5.69. The van der Waals surface area contributed by atoms with E-state index in [0.29, 0.717) is 6.42 Å². The molecule has 0 aromatic rings. The minimum absolute atomic E-state index is 0.0159. The summed E-state index contributed by atoms with van der Waals surface area (Å²) in [5.41, 5.74) is 0. The molecule has 0 aromatic carbocycles. The van der Waals surface area contributed by atoms with Gasteiger partial charge in [-0.25, -0.2) is 0 Å². The summed E-state index contributed by atoms with van der Waals surface area (Å²) in [5.74, 6) is -0.720. The van der Waals surface area contributed by atoms with Gasteiger partial charge in [0.1, 0.15) is 6.10 Å². The molecule has 0 aromatic heterocycles. The van der Waals surface area contributed by atoms with Gasteiger partial charge in [-0.3, -0.25) is 9.59 Å². The van der Waals surface area contributed by atoms with Gasteiger partial charge in [0.05, 0.1) is 0 Å². The van der Waals surface area contributed by atoms with Gasteiger partial charge in [0.25, 0.3) is 0 Å². The van der Waals surface area contributed by atoms with Crippen molar-refractivity contribution in [1.82, 2.24) is 0 Å². The van der Waals surface area contributed by atoms with E-state index in [9.17, 15) is 9.59 Å². The van der Waals surface area contributed by atoms with Gasteiger partial charge >= 0.3 is 11.9 Å². The lowest BCUT2D eigenvalue weighted by atomic mass is 10.0. The maximum absolute atomic E-state index is 12.7. The minimum atomic E-state index is -0.704. The second-order valence-corrected chi connectivity index (χ2v) is 14.5. The van der Waals surface area contributed by atoms with Crippen LogP contribution in [0.3, 0.4) is 0 Å². The Labute approximate surface area is 299 Å². The molecule has 1 N–H and O–H groups in total. The van der Waals surface area contributed by atoms with Crippen molar-refractivity contribution in [3.63, 3.8) is 0 Å². The van der Waals surface area contributed by atoms with E-state index < -0.39 is 5.97 Å². The number of hydrogen-bond acceptors (Lipinski definition) is 3. The number of carboxylic acids is 1. The highest BCUT2D eigenvalue weighted by Gasteiger charge is 2.14. The molecule has 0 aliphatic rings. The van der Waals surface area contributed by atoms with Crippen LogP contribution in [0.15, 0.2) is 24.3 Å². The molecule has 0 aliphatic carbocycles. The second-order valence-electron chi connectivity index (χ2n) is 14.5. The number of rotatable bonds is 39. The van der Waals surface area contributed by atoms with Crippen LogP contribution in [0.25, 0.3) is 0 Å². The van der Waals surface area contributed by atoms with Crippen LogP contribution in [0, 0.1) is 0 Å². The molecule has 0 rings (SSSR count). The van der Waals surface area contributed by atoms with Crippen LogP contribution in [0.2, 0.25) is 0 Å². The third kappa shape index (κ3) is 38.9. The number of unbranched alkanes of at least 4 members (excludes halogenated alkanes) is 26. The van der Waals surface area contributed by atoms with Crippen LogP contribution in [-0.2, 0) is 14.3 Å². The zero-order valence-electron chi connectivity index (χ0n) is 32.3. The molecule has 0 amide bonds. The first-order valence-electron chi connectivity index (χ1n) is 21.3. The number of aliphatic carboxylic acids is 1. The van der Waals surface area contributed by atoms with Crippen LogP contribution in [0.4, 0.5) is 0 Å². The van der Waals surface area contributed by atoms with Gasteiger partial charge < -0.3 is 9.84 Å². The van der Waals surface area contributed by atoms with Gasteiger partial charge in [-0.05, 0) is 64.2 Å².